The lowest BCUT2D eigenvalue weighted by Crippen LogP contribution is -2.40. The van der Waals surface area contributed by atoms with E-state index in [1.165, 1.54) is 6.20 Å². The van der Waals surface area contributed by atoms with Crippen molar-refractivity contribution in [3.8, 4) is 11.1 Å². The Balaban J connectivity index is 1.57. The molecule has 0 unspecified atom stereocenters. The molecule has 144 valence electrons. The second kappa shape index (κ2) is 6.58. The molecule has 7 heteroatoms. The van der Waals surface area contributed by atoms with Crippen LogP contribution in [-0.2, 0) is 10.3 Å². The van der Waals surface area contributed by atoms with E-state index in [-0.39, 0.29) is 17.7 Å². The maximum Gasteiger partial charge on any atom is 0.225 e. The van der Waals surface area contributed by atoms with E-state index in [1.54, 1.807) is 23.9 Å². The third-order valence-electron chi connectivity index (χ3n) is 5.96. The first kappa shape index (κ1) is 17.7. The number of amides is 1. The van der Waals surface area contributed by atoms with Crippen molar-refractivity contribution in [2.75, 3.05) is 18.8 Å². The molecule has 2 atom stereocenters. The van der Waals surface area contributed by atoms with Gasteiger partial charge < -0.3 is 10.6 Å². The van der Waals surface area contributed by atoms with E-state index < -0.39 is 11.5 Å². The van der Waals surface area contributed by atoms with E-state index in [0.717, 1.165) is 29.7 Å². The van der Waals surface area contributed by atoms with Crippen molar-refractivity contribution in [1.82, 2.24) is 9.88 Å². The number of nitrogens with two attached hydrogens (primary N) is 1. The van der Waals surface area contributed by atoms with Gasteiger partial charge in [0.15, 0.2) is 5.17 Å². The minimum atomic E-state index is -0.561. The molecule has 0 spiro atoms. The summed E-state index contributed by atoms with van der Waals surface area (Å²) < 4.78 is 14.2. The Morgan fingerprint density at radius 2 is 2.14 bits per heavy atom. The highest BCUT2D eigenvalue weighted by Crippen LogP contribution is 2.47. The molecule has 0 radical (unpaired) electrons. The highest BCUT2D eigenvalue weighted by atomic mass is 32.2. The zero-order valence-corrected chi connectivity index (χ0v) is 16.2. The van der Waals surface area contributed by atoms with Gasteiger partial charge in [-0.15, -0.1) is 0 Å². The molecule has 0 bridgehead atoms. The van der Waals surface area contributed by atoms with Crippen LogP contribution < -0.4 is 5.73 Å². The molecule has 1 aliphatic carbocycles. The maximum atomic E-state index is 14.2. The molecule has 2 fully saturated rings. The average molecular weight is 396 g/mol. The summed E-state index contributed by atoms with van der Waals surface area (Å²) in [5, 5.41) is 0.551. The zero-order chi connectivity index (χ0) is 19.3. The number of fused-ring (bicyclic) bond motifs is 1. The molecular weight excluding hydrogens is 375 g/mol. The molecular formula is C21H21FN4OS. The number of nitrogens with zero attached hydrogens (tertiary/aromatic N) is 3. The predicted octanol–water partition coefficient (Wildman–Crippen LogP) is 3.01. The molecule has 1 amide bonds. The van der Waals surface area contributed by atoms with Crippen LogP contribution in [0.4, 0.5) is 4.39 Å². The summed E-state index contributed by atoms with van der Waals surface area (Å²) in [6.45, 7) is 1.23. The Hall–Kier alpha value is -2.41. The quantitative estimate of drug-likeness (QED) is 0.810. The highest BCUT2D eigenvalue weighted by molar-refractivity contribution is 8.13. The lowest BCUT2D eigenvalue weighted by Gasteiger charge is -2.35. The van der Waals surface area contributed by atoms with E-state index in [0.29, 0.717) is 23.8 Å². The molecule has 5 rings (SSSR count). The van der Waals surface area contributed by atoms with Gasteiger partial charge in [-0.25, -0.2) is 9.98 Å². The number of benzene rings is 1. The fraction of sp³-hybridized carbons (Fsp3) is 0.381. The third-order valence-corrected chi connectivity index (χ3v) is 6.92. The average Bonchev–Trinajstić information content (AvgIpc) is 3.48. The summed E-state index contributed by atoms with van der Waals surface area (Å²) in [5.74, 6) is 0.952. The number of hydrogen-bond acceptors (Lipinski definition) is 5. The molecule has 2 aliphatic heterocycles. The van der Waals surface area contributed by atoms with Gasteiger partial charge in [0.1, 0.15) is 5.54 Å². The van der Waals surface area contributed by atoms with E-state index in [1.807, 2.05) is 29.2 Å². The lowest BCUT2D eigenvalue weighted by molar-refractivity contribution is -0.131. The summed E-state index contributed by atoms with van der Waals surface area (Å²) >= 11 is 1.55. The molecule has 2 aromatic rings. The number of aromatic nitrogens is 1. The monoisotopic (exact) mass is 396 g/mol. The summed E-state index contributed by atoms with van der Waals surface area (Å²) in [7, 11) is 0. The molecule has 1 saturated carbocycles. The minimum Gasteiger partial charge on any atom is -0.379 e. The Labute approximate surface area is 167 Å². The summed E-state index contributed by atoms with van der Waals surface area (Å²) in [6.07, 6.45) is 3.42. The summed E-state index contributed by atoms with van der Waals surface area (Å²) in [5.41, 5.74) is 7.76. The van der Waals surface area contributed by atoms with Crippen LogP contribution in [0.1, 0.15) is 18.4 Å². The van der Waals surface area contributed by atoms with Gasteiger partial charge in [0.05, 0.1) is 6.54 Å². The fourth-order valence-corrected chi connectivity index (χ4v) is 5.32. The van der Waals surface area contributed by atoms with Crippen LogP contribution in [0.2, 0.25) is 0 Å². The van der Waals surface area contributed by atoms with Crippen LogP contribution in [0, 0.1) is 17.8 Å². The number of thioether (sulfide) groups is 1. The molecule has 1 saturated heterocycles. The highest BCUT2D eigenvalue weighted by Gasteiger charge is 2.52. The standard InChI is InChI=1S/C21H21FN4OS/c22-18-17(5-2-8-24-18)14-3-1-4-15(9-14)21-12-26(19(27)13-6-7-13)10-16(21)11-28-20(23)25-21/h1-5,8-9,13,16H,6-7,10-12H2,(H2,23,25)/t16-,21+/m0/s1. The molecule has 28 heavy (non-hydrogen) atoms. The van der Waals surface area contributed by atoms with Crippen molar-refractivity contribution in [3.05, 3.63) is 54.1 Å². The van der Waals surface area contributed by atoms with Gasteiger partial charge in [-0.05, 0) is 42.2 Å². The smallest absolute Gasteiger partial charge is 0.225 e. The van der Waals surface area contributed by atoms with E-state index in [9.17, 15) is 9.18 Å². The number of aliphatic imine (C=N–C) groups is 1. The normalized spacial score (nSPS) is 26.7. The number of rotatable bonds is 3. The van der Waals surface area contributed by atoms with Crippen molar-refractivity contribution >= 4 is 22.8 Å². The number of likely N-dealkylation sites (tertiary alicyclic amines) is 1. The van der Waals surface area contributed by atoms with Crippen molar-refractivity contribution < 1.29 is 9.18 Å². The molecule has 2 N–H and O–H groups in total. The zero-order valence-electron chi connectivity index (χ0n) is 15.3. The second-order valence-corrected chi connectivity index (χ2v) is 8.84. The maximum absolute atomic E-state index is 14.2. The van der Waals surface area contributed by atoms with Crippen molar-refractivity contribution in [1.29, 1.82) is 0 Å². The number of pyridine rings is 1. The molecule has 1 aromatic carbocycles. The van der Waals surface area contributed by atoms with Crippen LogP contribution in [0.15, 0.2) is 47.6 Å². The van der Waals surface area contributed by atoms with E-state index in [4.69, 9.17) is 10.7 Å². The number of amidine groups is 1. The Morgan fingerprint density at radius 3 is 2.93 bits per heavy atom. The lowest BCUT2D eigenvalue weighted by atomic mass is 9.81. The van der Waals surface area contributed by atoms with Gasteiger partial charge >= 0.3 is 0 Å². The first-order chi connectivity index (χ1) is 13.6. The molecule has 3 heterocycles. The van der Waals surface area contributed by atoms with Crippen molar-refractivity contribution in [3.63, 3.8) is 0 Å². The Kier molecular flexibility index (Phi) is 4.16. The Morgan fingerprint density at radius 1 is 1.29 bits per heavy atom. The van der Waals surface area contributed by atoms with Crippen LogP contribution >= 0.6 is 11.8 Å². The second-order valence-electron chi connectivity index (χ2n) is 7.80. The minimum absolute atomic E-state index is 0.182. The number of carbonyl (C=O) groups excluding carboxylic acids is 1. The van der Waals surface area contributed by atoms with Crippen LogP contribution in [-0.4, -0.2) is 39.8 Å². The van der Waals surface area contributed by atoms with Gasteiger partial charge in [-0.1, -0.05) is 30.0 Å². The van der Waals surface area contributed by atoms with Crippen LogP contribution in [0.25, 0.3) is 11.1 Å². The molecule has 3 aliphatic rings. The van der Waals surface area contributed by atoms with Gasteiger partial charge in [-0.2, -0.15) is 4.39 Å². The van der Waals surface area contributed by atoms with Crippen LogP contribution in [0.5, 0.6) is 0 Å². The number of carbonyl (C=O) groups is 1. The van der Waals surface area contributed by atoms with Crippen molar-refractivity contribution in [2.45, 2.75) is 18.4 Å². The van der Waals surface area contributed by atoms with Gasteiger partial charge in [0, 0.05) is 35.9 Å². The summed E-state index contributed by atoms with van der Waals surface area (Å²) in [6, 6.07) is 11.2. The van der Waals surface area contributed by atoms with Gasteiger partial charge in [0.25, 0.3) is 0 Å². The van der Waals surface area contributed by atoms with E-state index in [2.05, 4.69) is 4.98 Å². The molecule has 5 nitrogen and oxygen atoms in total. The first-order valence-electron chi connectivity index (χ1n) is 9.55. The Bertz CT molecular complexity index is 976. The largest absolute Gasteiger partial charge is 0.379 e. The topological polar surface area (TPSA) is 71.6 Å². The van der Waals surface area contributed by atoms with Gasteiger partial charge in [-0.3, -0.25) is 4.79 Å². The number of hydrogen-bond donors (Lipinski definition) is 1. The molecule has 1 aromatic heterocycles. The predicted molar refractivity (Wildman–Crippen MR) is 108 cm³/mol. The van der Waals surface area contributed by atoms with Crippen LogP contribution in [0.3, 0.4) is 0 Å². The van der Waals surface area contributed by atoms with Gasteiger partial charge in [0.2, 0.25) is 11.9 Å². The first-order valence-corrected chi connectivity index (χ1v) is 10.5. The number of halogens is 1. The van der Waals surface area contributed by atoms with Crippen molar-refractivity contribution in [2.24, 2.45) is 22.6 Å². The fourth-order valence-electron chi connectivity index (χ4n) is 4.34. The van der Waals surface area contributed by atoms with E-state index >= 15 is 0 Å². The summed E-state index contributed by atoms with van der Waals surface area (Å²) in [4.78, 5) is 23.3. The third kappa shape index (κ3) is 2.89. The SMILES string of the molecule is NC1=N[C@@]2(c3cccc(-c4cccnc4F)c3)CN(C(=O)C3CC3)C[C@H]2CS1.